The van der Waals surface area contributed by atoms with Crippen LogP contribution in [0.5, 0.6) is 0 Å². The number of nitrogens with zero attached hydrogens (tertiary/aromatic N) is 2. The van der Waals surface area contributed by atoms with Gasteiger partial charge in [0, 0.05) is 37.7 Å². The highest BCUT2D eigenvalue weighted by Crippen LogP contribution is 2.28. The summed E-state index contributed by atoms with van der Waals surface area (Å²) < 4.78 is 2.61. The first-order valence-corrected chi connectivity index (χ1v) is 8.11. The molecule has 0 bridgehead atoms. The Labute approximate surface area is 117 Å². The van der Waals surface area contributed by atoms with E-state index in [2.05, 4.69) is 30.7 Å². The number of nitrogens with one attached hydrogen (secondary N) is 1. The van der Waals surface area contributed by atoms with E-state index in [0.29, 0.717) is 6.04 Å². The molecular weight excluding hydrogens is 234 g/mol. The lowest BCUT2D eigenvalue weighted by atomic mass is 10.0. The van der Waals surface area contributed by atoms with E-state index < -0.39 is 0 Å². The maximum Gasteiger partial charge on any atom is 0.109 e. The molecule has 1 aliphatic heterocycles. The van der Waals surface area contributed by atoms with E-state index in [1.54, 1.807) is 0 Å². The lowest BCUT2D eigenvalue weighted by Gasteiger charge is -2.24. The third-order valence-corrected chi connectivity index (χ3v) is 4.19. The lowest BCUT2D eigenvalue weighted by molar-refractivity contribution is 0.393. The summed E-state index contributed by atoms with van der Waals surface area (Å²) in [6.45, 7) is 8.89. The Morgan fingerprint density at radius 1 is 1.21 bits per heavy atom. The topological polar surface area (TPSA) is 29.9 Å². The van der Waals surface area contributed by atoms with Crippen molar-refractivity contribution < 1.29 is 0 Å². The predicted molar refractivity (Wildman–Crippen MR) is 80.5 cm³/mol. The Morgan fingerprint density at radius 3 is 2.74 bits per heavy atom. The van der Waals surface area contributed by atoms with E-state index >= 15 is 0 Å². The summed E-state index contributed by atoms with van der Waals surface area (Å²) in [5.41, 5.74) is 2.82. The molecular formula is C16H29N3. The van der Waals surface area contributed by atoms with Gasteiger partial charge in [-0.1, -0.05) is 40.0 Å². The standard InChI is InChI=1S/C16H29N3/c1-4-7-9-13(8-5-2)19-15-10-11-17-12-14(15)18-16(19)6-3/h13,17H,4-12H2,1-3H3. The van der Waals surface area contributed by atoms with E-state index in [-0.39, 0.29) is 0 Å². The highest BCUT2D eigenvalue weighted by molar-refractivity contribution is 5.21. The molecule has 108 valence electrons. The van der Waals surface area contributed by atoms with Crippen molar-refractivity contribution in [1.82, 2.24) is 14.9 Å². The van der Waals surface area contributed by atoms with Gasteiger partial charge in [0.1, 0.15) is 5.82 Å². The molecule has 1 atom stereocenters. The molecule has 2 rings (SSSR count). The van der Waals surface area contributed by atoms with Gasteiger partial charge in [-0.15, -0.1) is 0 Å². The second-order valence-corrected chi connectivity index (χ2v) is 5.66. The summed E-state index contributed by atoms with van der Waals surface area (Å²) in [6, 6.07) is 0.675. The molecule has 3 nitrogen and oxygen atoms in total. The fourth-order valence-electron chi connectivity index (χ4n) is 3.24. The van der Waals surface area contributed by atoms with Crippen LogP contribution >= 0.6 is 0 Å². The summed E-state index contributed by atoms with van der Waals surface area (Å²) >= 11 is 0. The molecule has 1 N–H and O–H groups in total. The first kappa shape index (κ1) is 14.6. The monoisotopic (exact) mass is 263 g/mol. The number of imidazole rings is 1. The minimum Gasteiger partial charge on any atom is -0.329 e. The van der Waals surface area contributed by atoms with E-state index in [4.69, 9.17) is 4.98 Å². The normalized spacial score (nSPS) is 16.4. The molecule has 0 spiro atoms. The van der Waals surface area contributed by atoms with Crippen LogP contribution in [0.25, 0.3) is 0 Å². The molecule has 1 aliphatic rings. The van der Waals surface area contributed by atoms with E-state index in [9.17, 15) is 0 Å². The predicted octanol–water partition coefficient (Wildman–Crippen LogP) is 3.62. The summed E-state index contributed by atoms with van der Waals surface area (Å²) in [5, 5.41) is 3.44. The van der Waals surface area contributed by atoms with Crippen molar-refractivity contribution in [3.05, 3.63) is 17.2 Å². The molecule has 0 amide bonds. The van der Waals surface area contributed by atoms with Crippen molar-refractivity contribution in [1.29, 1.82) is 0 Å². The number of rotatable bonds is 7. The molecule has 0 saturated carbocycles. The molecule has 3 heteroatoms. The highest BCUT2D eigenvalue weighted by atomic mass is 15.1. The van der Waals surface area contributed by atoms with Crippen molar-refractivity contribution in [2.24, 2.45) is 0 Å². The van der Waals surface area contributed by atoms with Gasteiger partial charge in [0.25, 0.3) is 0 Å². The fourth-order valence-corrected chi connectivity index (χ4v) is 3.24. The fraction of sp³-hybridized carbons (Fsp3) is 0.812. The van der Waals surface area contributed by atoms with Gasteiger partial charge in [0.2, 0.25) is 0 Å². The molecule has 0 aliphatic carbocycles. The van der Waals surface area contributed by atoms with Gasteiger partial charge in [-0.2, -0.15) is 0 Å². The molecule has 2 heterocycles. The Kier molecular flexibility index (Phi) is 5.44. The van der Waals surface area contributed by atoms with Gasteiger partial charge in [-0.05, 0) is 12.8 Å². The van der Waals surface area contributed by atoms with Gasteiger partial charge in [-0.25, -0.2) is 4.98 Å². The Morgan fingerprint density at radius 2 is 2.05 bits per heavy atom. The molecule has 0 aromatic carbocycles. The van der Waals surface area contributed by atoms with Crippen LogP contribution in [0.2, 0.25) is 0 Å². The van der Waals surface area contributed by atoms with Crippen LogP contribution in [0.1, 0.15) is 76.1 Å². The third-order valence-electron chi connectivity index (χ3n) is 4.19. The number of unbranched alkanes of at least 4 members (excludes halogenated alkanes) is 1. The minimum absolute atomic E-state index is 0.675. The zero-order valence-electron chi connectivity index (χ0n) is 12.8. The van der Waals surface area contributed by atoms with Crippen LogP contribution in [0.15, 0.2) is 0 Å². The van der Waals surface area contributed by atoms with Crippen molar-refractivity contribution in [2.75, 3.05) is 6.54 Å². The smallest absolute Gasteiger partial charge is 0.109 e. The minimum atomic E-state index is 0.675. The van der Waals surface area contributed by atoms with Gasteiger partial charge in [0.05, 0.1) is 5.69 Å². The number of aryl methyl sites for hydroxylation is 1. The third kappa shape index (κ3) is 3.19. The number of hydrogen-bond acceptors (Lipinski definition) is 2. The summed E-state index contributed by atoms with van der Waals surface area (Å²) in [5.74, 6) is 1.31. The molecule has 0 fully saturated rings. The zero-order valence-corrected chi connectivity index (χ0v) is 12.8. The van der Waals surface area contributed by atoms with Crippen LogP contribution in [0, 0.1) is 0 Å². The van der Waals surface area contributed by atoms with Crippen LogP contribution in [-0.2, 0) is 19.4 Å². The number of hydrogen-bond donors (Lipinski definition) is 1. The van der Waals surface area contributed by atoms with Gasteiger partial charge < -0.3 is 9.88 Å². The van der Waals surface area contributed by atoms with Crippen LogP contribution < -0.4 is 5.32 Å². The average Bonchev–Trinajstić information content (AvgIpc) is 2.82. The molecule has 0 radical (unpaired) electrons. The maximum absolute atomic E-state index is 4.88. The quantitative estimate of drug-likeness (QED) is 0.814. The molecule has 1 unspecified atom stereocenters. The summed E-state index contributed by atoms with van der Waals surface area (Å²) in [4.78, 5) is 4.88. The summed E-state index contributed by atoms with van der Waals surface area (Å²) in [6.07, 6.45) is 8.70. The van der Waals surface area contributed by atoms with Crippen LogP contribution in [-0.4, -0.2) is 16.1 Å². The van der Waals surface area contributed by atoms with Crippen molar-refractivity contribution in [3.8, 4) is 0 Å². The lowest BCUT2D eigenvalue weighted by Crippen LogP contribution is -2.26. The first-order chi connectivity index (χ1) is 9.31. The highest BCUT2D eigenvalue weighted by Gasteiger charge is 2.23. The van der Waals surface area contributed by atoms with Crippen LogP contribution in [0.4, 0.5) is 0 Å². The van der Waals surface area contributed by atoms with Crippen LogP contribution in [0.3, 0.4) is 0 Å². The average molecular weight is 263 g/mol. The van der Waals surface area contributed by atoms with Crippen molar-refractivity contribution >= 4 is 0 Å². The first-order valence-electron chi connectivity index (χ1n) is 8.11. The Balaban J connectivity index is 2.30. The largest absolute Gasteiger partial charge is 0.329 e. The van der Waals surface area contributed by atoms with Gasteiger partial charge >= 0.3 is 0 Å². The molecule has 1 aromatic rings. The second-order valence-electron chi connectivity index (χ2n) is 5.66. The van der Waals surface area contributed by atoms with Crippen molar-refractivity contribution in [2.45, 2.75) is 78.3 Å². The molecule has 19 heavy (non-hydrogen) atoms. The number of aromatic nitrogens is 2. The maximum atomic E-state index is 4.88. The van der Waals surface area contributed by atoms with Crippen molar-refractivity contribution in [3.63, 3.8) is 0 Å². The Bertz CT molecular complexity index is 395. The zero-order chi connectivity index (χ0) is 13.7. The summed E-state index contributed by atoms with van der Waals surface area (Å²) in [7, 11) is 0. The van der Waals surface area contributed by atoms with Gasteiger partial charge in [0.15, 0.2) is 0 Å². The number of fused-ring (bicyclic) bond motifs is 1. The van der Waals surface area contributed by atoms with E-state index in [1.165, 1.54) is 49.3 Å². The Hall–Kier alpha value is -0.830. The molecule has 0 saturated heterocycles. The van der Waals surface area contributed by atoms with Gasteiger partial charge in [-0.3, -0.25) is 0 Å². The SMILES string of the molecule is CCCCC(CCC)n1c(CC)nc2c1CCNC2. The van der Waals surface area contributed by atoms with E-state index in [1.807, 2.05) is 0 Å². The van der Waals surface area contributed by atoms with E-state index in [0.717, 1.165) is 25.9 Å². The molecule has 1 aromatic heterocycles. The second kappa shape index (κ2) is 7.09.